The van der Waals surface area contributed by atoms with E-state index >= 15 is 0 Å². The third-order valence-electron chi connectivity index (χ3n) is 4.45. The summed E-state index contributed by atoms with van der Waals surface area (Å²) in [7, 11) is 0. The first-order valence-electron chi connectivity index (χ1n) is 8.26. The van der Waals surface area contributed by atoms with Gasteiger partial charge in [-0.05, 0) is 37.1 Å². The summed E-state index contributed by atoms with van der Waals surface area (Å²) < 4.78 is 5.85. The maximum absolute atomic E-state index is 12.9. The Morgan fingerprint density at radius 1 is 1.25 bits per heavy atom. The molecule has 0 saturated carbocycles. The van der Waals surface area contributed by atoms with E-state index in [0.29, 0.717) is 19.7 Å². The zero-order valence-electron chi connectivity index (χ0n) is 14.1. The van der Waals surface area contributed by atoms with Crippen LogP contribution in [0.5, 0.6) is 0 Å². The second-order valence-corrected chi connectivity index (χ2v) is 6.77. The van der Waals surface area contributed by atoms with Crippen molar-refractivity contribution in [1.29, 1.82) is 0 Å². The molecule has 2 aromatic rings. The van der Waals surface area contributed by atoms with Crippen molar-refractivity contribution in [3.05, 3.63) is 69.7 Å². The first-order chi connectivity index (χ1) is 11.5. The number of carbonyl (C=O) groups is 1. The van der Waals surface area contributed by atoms with E-state index in [2.05, 4.69) is 0 Å². The third kappa shape index (κ3) is 3.80. The van der Waals surface area contributed by atoms with Gasteiger partial charge in [-0.2, -0.15) is 0 Å². The monoisotopic (exact) mass is 343 g/mol. The first kappa shape index (κ1) is 17.0. The van der Waals surface area contributed by atoms with Gasteiger partial charge in [0.15, 0.2) is 0 Å². The number of halogens is 1. The summed E-state index contributed by atoms with van der Waals surface area (Å²) in [4.78, 5) is 14.8. The zero-order valence-corrected chi connectivity index (χ0v) is 14.8. The normalized spacial score (nSPS) is 17.8. The lowest BCUT2D eigenvalue weighted by Gasteiger charge is -2.33. The number of amides is 1. The molecule has 0 aromatic heterocycles. The fourth-order valence-corrected chi connectivity index (χ4v) is 3.29. The number of morpholine rings is 1. The van der Waals surface area contributed by atoms with Crippen molar-refractivity contribution in [2.24, 2.45) is 0 Å². The lowest BCUT2D eigenvalue weighted by Crippen LogP contribution is -2.46. The molecule has 0 radical (unpaired) electrons. The maximum Gasteiger partial charge on any atom is 0.254 e. The summed E-state index contributed by atoms with van der Waals surface area (Å²) in [5.41, 5.74) is 3.96. The minimum absolute atomic E-state index is 0.0206. The molecule has 1 heterocycles. The average Bonchev–Trinajstić information content (AvgIpc) is 2.59. The molecule has 0 spiro atoms. The Morgan fingerprint density at radius 3 is 2.83 bits per heavy atom. The Balaban J connectivity index is 1.72. The third-order valence-corrected chi connectivity index (χ3v) is 4.82. The largest absolute Gasteiger partial charge is 0.374 e. The van der Waals surface area contributed by atoms with Gasteiger partial charge >= 0.3 is 0 Å². The highest BCUT2D eigenvalue weighted by Crippen LogP contribution is 2.21. The summed E-state index contributed by atoms with van der Waals surface area (Å²) in [5.74, 6) is 0.0867. The van der Waals surface area contributed by atoms with Crippen LogP contribution in [0.4, 0.5) is 0 Å². The van der Waals surface area contributed by atoms with E-state index in [1.54, 1.807) is 0 Å². The van der Waals surface area contributed by atoms with Crippen molar-refractivity contribution in [1.82, 2.24) is 4.90 Å². The van der Waals surface area contributed by atoms with Crippen LogP contribution in [0.15, 0.2) is 42.5 Å². The topological polar surface area (TPSA) is 29.5 Å². The van der Waals surface area contributed by atoms with Crippen molar-refractivity contribution in [3.63, 3.8) is 0 Å². The van der Waals surface area contributed by atoms with Gasteiger partial charge in [0, 0.05) is 30.1 Å². The van der Waals surface area contributed by atoms with Crippen LogP contribution in [0.25, 0.3) is 0 Å². The van der Waals surface area contributed by atoms with E-state index < -0.39 is 0 Å². The average molecular weight is 344 g/mol. The van der Waals surface area contributed by atoms with Gasteiger partial charge in [0.1, 0.15) is 0 Å². The van der Waals surface area contributed by atoms with E-state index in [4.69, 9.17) is 16.3 Å². The molecule has 0 bridgehead atoms. The van der Waals surface area contributed by atoms with Gasteiger partial charge in [0.2, 0.25) is 0 Å². The molecule has 0 aliphatic carbocycles. The molecular weight excluding hydrogens is 322 g/mol. The number of hydrogen-bond donors (Lipinski definition) is 0. The van der Waals surface area contributed by atoms with Crippen molar-refractivity contribution >= 4 is 17.5 Å². The van der Waals surface area contributed by atoms with E-state index in [1.807, 2.05) is 61.2 Å². The van der Waals surface area contributed by atoms with Gasteiger partial charge < -0.3 is 9.64 Å². The number of aryl methyl sites for hydroxylation is 2. The van der Waals surface area contributed by atoms with Crippen LogP contribution in [0.1, 0.15) is 27.0 Å². The highest BCUT2D eigenvalue weighted by Gasteiger charge is 2.26. The molecule has 24 heavy (non-hydrogen) atoms. The van der Waals surface area contributed by atoms with Gasteiger partial charge in [-0.3, -0.25) is 4.79 Å². The summed E-state index contributed by atoms with van der Waals surface area (Å²) in [6.07, 6.45) is 0.698. The number of carbonyl (C=O) groups excluding carboxylic acids is 1. The summed E-state index contributed by atoms with van der Waals surface area (Å²) in [5, 5.41) is 0.749. The number of ether oxygens (including phenoxy) is 1. The second-order valence-electron chi connectivity index (χ2n) is 6.36. The highest BCUT2D eigenvalue weighted by molar-refractivity contribution is 6.31. The fraction of sp³-hybridized carbons (Fsp3) is 0.350. The first-order valence-corrected chi connectivity index (χ1v) is 8.64. The number of benzene rings is 2. The van der Waals surface area contributed by atoms with Crippen LogP contribution < -0.4 is 0 Å². The van der Waals surface area contributed by atoms with Crippen LogP contribution in [0, 0.1) is 13.8 Å². The molecule has 4 heteroatoms. The molecular formula is C20H22ClNO2. The van der Waals surface area contributed by atoms with Gasteiger partial charge in [-0.15, -0.1) is 0 Å². The van der Waals surface area contributed by atoms with E-state index in [9.17, 15) is 4.79 Å². The predicted octanol–water partition coefficient (Wildman–Crippen LogP) is 4.04. The predicted molar refractivity (Wildman–Crippen MR) is 96.7 cm³/mol. The van der Waals surface area contributed by atoms with Gasteiger partial charge in [-0.25, -0.2) is 0 Å². The number of hydrogen-bond acceptors (Lipinski definition) is 2. The quantitative estimate of drug-likeness (QED) is 0.841. The molecule has 2 aromatic carbocycles. The lowest BCUT2D eigenvalue weighted by molar-refractivity contribution is -0.0208. The molecule has 1 saturated heterocycles. The molecule has 1 fully saturated rings. The molecule has 1 amide bonds. The Kier molecular flexibility index (Phi) is 5.22. The van der Waals surface area contributed by atoms with E-state index in [-0.39, 0.29) is 12.0 Å². The number of nitrogens with zero attached hydrogens (tertiary/aromatic N) is 1. The minimum atomic E-state index is -0.0206. The van der Waals surface area contributed by atoms with Gasteiger partial charge in [0.05, 0.1) is 12.7 Å². The van der Waals surface area contributed by atoms with E-state index in [0.717, 1.165) is 33.7 Å². The molecule has 3 rings (SSSR count). The molecule has 0 unspecified atom stereocenters. The van der Waals surface area contributed by atoms with Crippen LogP contribution in [0.3, 0.4) is 0 Å². The Morgan fingerprint density at radius 2 is 2.04 bits per heavy atom. The molecule has 1 aliphatic heterocycles. The van der Waals surface area contributed by atoms with Crippen molar-refractivity contribution in [2.45, 2.75) is 26.4 Å². The SMILES string of the molecule is Cc1ccc(C)c(C(=O)N2CCO[C@@H](Cc3ccccc3Cl)C2)c1. The molecule has 126 valence electrons. The van der Waals surface area contributed by atoms with E-state index in [1.165, 1.54) is 0 Å². The smallest absolute Gasteiger partial charge is 0.254 e. The van der Waals surface area contributed by atoms with Crippen LogP contribution >= 0.6 is 11.6 Å². The van der Waals surface area contributed by atoms with Gasteiger partial charge in [0.25, 0.3) is 5.91 Å². The van der Waals surface area contributed by atoms with Crippen LogP contribution in [-0.2, 0) is 11.2 Å². The van der Waals surface area contributed by atoms with Crippen LogP contribution in [0.2, 0.25) is 5.02 Å². The number of rotatable bonds is 3. The standard InChI is InChI=1S/C20H22ClNO2/c1-14-7-8-15(2)18(11-14)20(23)22-9-10-24-17(13-22)12-16-5-3-4-6-19(16)21/h3-8,11,17H,9-10,12-13H2,1-2H3/t17-/m0/s1. The Bertz CT molecular complexity index is 744. The van der Waals surface area contributed by atoms with Crippen molar-refractivity contribution in [2.75, 3.05) is 19.7 Å². The Hall–Kier alpha value is -1.84. The summed E-state index contributed by atoms with van der Waals surface area (Å²) in [6.45, 7) is 5.78. The maximum atomic E-state index is 12.9. The molecule has 1 atom stereocenters. The summed E-state index contributed by atoms with van der Waals surface area (Å²) in [6, 6.07) is 13.8. The zero-order chi connectivity index (χ0) is 17.1. The summed E-state index contributed by atoms with van der Waals surface area (Å²) >= 11 is 6.24. The van der Waals surface area contributed by atoms with Crippen LogP contribution in [-0.4, -0.2) is 36.6 Å². The van der Waals surface area contributed by atoms with Crippen molar-refractivity contribution < 1.29 is 9.53 Å². The molecule has 0 N–H and O–H groups in total. The van der Waals surface area contributed by atoms with Crippen molar-refractivity contribution in [3.8, 4) is 0 Å². The lowest BCUT2D eigenvalue weighted by atomic mass is 10.0. The fourth-order valence-electron chi connectivity index (χ4n) is 3.07. The minimum Gasteiger partial charge on any atom is -0.374 e. The molecule has 1 aliphatic rings. The Labute approximate surface area is 148 Å². The molecule has 3 nitrogen and oxygen atoms in total. The highest BCUT2D eigenvalue weighted by atomic mass is 35.5. The second kappa shape index (κ2) is 7.37. The van der Waals surface area contributed by atoms with Gasteiger partial charge in [-0.1, -0.05) is 47.5 Å².